The van der Waals surface area contributed by atoms with Gasteiger partial charge < -0.3 is 9.80 Å². The fraction of sp³-hybridized carbons (Fsp3) is 0.591. The molecule has 1 unspecified atom stereocenters. The van der Waals surface area contributed by atoms with Crippen LogP contribution in [0.15, 0.2) is 27.9 Å². The number of anilines is 2. The molecule has 2 aliphatic rings. The Morgan fingerprint density at radius 2 is 2.03 bits per heavy atom. The van der Waals surface area contributed by atoms with Crippen molar-refractivity contribution < 1.29 is 12.8 Å². The van der Waals surface area contributed by atoms with E-state index in [0.717, 1.165) is 43.2 Å². The number of likely N-dealkylation sites (N-methyl/N-ethyl adjacent to an activating group) is 1. The van der Waals surface area contributed by atoms with Crippen LogP contribution in [0, 0.1) is 18.7 Å². The molecule has 0 amide bonds. The molecule has 1 aliphatic heterocycles. The van der Waals surface area contributed by atoms with Crippen LogP contribution >= 0.6 is 11.3 Å². The average molecular weight is 467 g/mol. The number of thiazole rings is 1. The van der Waals surface area contributed by atoms with Crippen molar-refractivity contribution in [3.05, 3.63) is 34.4 Å². The van der Waals surface area contributed by atoms with E-state index >= 15 is 0 Å². The molecule has 31 heavy (non-hydrogen) atoms. The summed E-state index contributed by atoms with van der Waals surface area (Å²) in [6.07, 6.45) is 7.80. The molecule has 1 aliphatic carbocycles. The van der Waals surface area contributed by atoms with E-state index in [1.54, 1.807) is 5.38 Å². The number of aromatic nitrogens is 1. The Bertz CT molecular complexity index is 991. The molecule has 4 rings (SSSR count). The SMILES string of the molecule is Cc1cc(S(=O)(=O)Nc2cscn2)c(F)cc1N(C)C1CCN(CC2CCCCC2)C1. The maximum atomic E-state index is 14.9. The van der Waals surface area contributed by atoms with Crippen LogP contribution in [0.2, 0.25) is 0 Å². The lowest BCUT2D eigenvalue weighted by atomic mass is 9.89. The van der Waals surface area contributed by atoms with E-state index in [1.807, 2.05) is 14.0 Å². The molecule has 0 bridgehead atoms. The summed E-state index contributed by atoms with van der Waals surface area (Å²) >= 11 is 1.27. The lowest BCUT2D eigenvalue weighted by Crippen LogP contribution is -2.36. The first-order valence-electron chi connectivity index (χ1n) is 11.0. The molecule has 1 atom stereocenters. The third kappa shape index (κ3) is 5.21. The predicted octanol–water partition coefficient (Wildman–Crippen LogP) is 4.48. The molecule has 0 radical (unpaired) electrons. The Balaban J connectivity index is 1.45. The lowest BCUT2D eigenvalue weighted by molar-refractivity contribution is 0.232. The quantitative estimate of drug-likeness (QED) is 0.652. The smallest absolute Gasteiger partial charge is 0.266 e. The van der Waals surface area contributed by atoms with Crippen LogP contribution in [0.25, 0.3) is 0 Å². The highest BCUT2D eigenvalue weighted by atomic mass is 32.2. The summed E-state index contributed by atoms with van der Waals surface area (Å²) in [6.45, 7) is 5.04. The Morgan fingerprint density at radius 3 is 2.74 bits per heavy atom. The maximum absolute atomic E-state index is 14.9. The van der Waals surface area contributed by atoms with Crippen LogP contribution in [0.3, 0.4) is 0 Å². The molecule has 1 aromatic carbocycles. The third-order valence-electron chi connectivity index (χ3n) is 6.63. The van der Waals surface area contributed by atoms with Gasteiger partial charge in [-0.1, -0.05) is 19.3 Å². The number of hydrogen-bond acceptors (Lipinski definition) is 6. The molecule has 0 spiro atoms. The normalized spacial score (nSPS) is 20.8. The first-order chi connectivity index (χ1) is 14.8. The number of rotatable bonds is 7. The summed E-state index contributed by atoms with van der Waals surface area (Å²) in [6, 6.07) is 3.08. The van der Waals surface area contributed by atoms with Gasteiger partial charge in [0, 0.05) is 43.8 Å². The number of hydrogen-bond donors (Lipinski definition) is 1. The van der Waals surface area contributed by atoms with Crippen molar-refractivity contribution in [2.24, 2.45) is 5.92 Å². The van der Waals surface area contributed by atoms with Gasteiger partial charge in [-0.3, -0.25) is 4.72 Å². The van der Waals surface area contributed by atoms with E-state index in [4.69, 9.17) is 0 Å². The number of aryl methyl sites for hydroxylation is 1. The van der Waals surface area contributed by atoms with Crippen molar-refractivity contribution in [3.8, 4) is 0 Å². The molecule has 2 fully saturated rings. The van der Waals surface area contributed by atoms with Gasteiger partial charge in [-0.2, -0.15) is 0 Å². The first kappa shape index (κ1) is 22.5. The monoisotopic (exact) mass is 466 g/mol. The molecule has 9 heteroatoms. The van der Waals surface area contributed by atoms with Gasteiger partial charge in [0.05, 0.1) is 5.51 Å². The molecule has 1 saturated heterocycles. The molecular formula is C22H31FN4O2S2. The van der Waals surface area contributed by atoms with Crippen LogP contribution in [0.5, 0.6) is 0 Å². The summed E-state index contributed by atoms with van der Waals surface area (Å²) in [5.74, 6) is 0.270. The van der Waals surface area contributed by atoms with Gasteiger partial charge in [0.1, 0.15) is 10.7 Å². The lowest BCUT2D eigenvalue weighted by Gasteiger charge is -2.30. The largest absolute Gasteiger partial charge is 0.370 e. The summed E-state index contributed by atoms with van der Waals surface area (Å²) in [5, 5.41) is 1.57. The van der Waals surface area contributed by atoms with Crippen LogP contribution in [0.1, 0.15) is 44.1 Å². The Kier molecular flexibility index (Phi) is 6.83. The third-order valence-corrected chi connectivity index (χ3v) is 8.58. The van der Waals surface area contributed by atoms with Gasteiger partial charge in [0.2, 0.25) is 0 Å². The average Bonchev–Trinajstić information content (AvgIpc) is 3.41. The van der Waals surface area contributed by atoms with Crippen molar-refractivity contribution >= 4 is 32.9 Å². The Hall–Kier alpha value is -1.71. The van der Waals surface area contributed by atoms with Crippen LogP contribution in [-0.4, -0.2) is 51.0 Å². The molecule has 1 aromatic heterocycles. The number of nitrogens with zero attached hydrogens (tertiary/aromatic N) is 3. The second-order valence-corrected chi connectivity index (χ2v) is 11.2. The van der Waals surface area contributed by atoms with E-state index in [9.17, 15) is 12.8 Å². The number of benzene rings is 1. The highest BCUT2D eigenvalue weighted by Gasteiger charge is 2.30. The summed E-state index contributed by atoms with van der Waals surface area (Å²) < 4.78 is 42.5. The fourth-order valence-electron chi connectivity index (χ4n) is 4.91. The highest BCUT2D eigenvalue weighted by Crippen LogP contribution is 2.31. The standard InChI is InChI=1S/C22H31FN4O2S2/c1-16-10-21(31(28,29)25-22-14-30-15-24-22)19(23)11-20(16)26(2)18-8-9-27(13-18)12-17-6-4-3-5-7-17/h10-11,14-15,17-18,25H,3-9,12-13H2,1-2H3. The van der Waals surface area contributed by atoms with E-state index < -0.39 is 15.8 Å². The molecule has 1 saturated carbocycles. The molecule has 6 nitrogen and oxygen atoms in total. The minimum absolute atomic E-state index is 0.201. The Labute approximate surface area is 188 Å². The first-order valence-corrected chi connectivity index (χ1v) is 13.4. The van der Waals surface area contributed by atoms with E-state index in [-0.39, 0.29) is 10.7 Å². The van der Waals surface area contributed by atoms with Gasteiger partial charge in [-0.15, -0.1) is 11.3 Å². The summed E-state index contributed by atoms with van der Waals surface area (Å²) in [7, 11) is -2.05. The van der Waals surface area contributed by atoms with Gasteiger partial charge in [0.25, 0.3) is 10.0 Å². The second kappa shape index (κ2) is 9.42. The molecule has 2 aromatic rings. The molecule has 170 valence electrons. The van der Waals surface area contributed by atoms with Gasteiger partial charge in [0.15, 0.2) is 5.82 Å². The van der Waals surface area contributed by atoms with E-state index in [1.165, 1.54) is 61.1 Å². The molecular weight excluding hydrogens is 435 g/mol. The van der Waals surface area contributed by atoms with Gasteiger partial charge >= 0.3 is 0 Å². The zero-order valence-corrected chi connectivity index (χ0v) is 19.8. The van der Waals surface area contributed by atoms with Crippen LogP contribution in [0.4, 0.5) is 15.9 Å². The van der Waals surface area contributed by atoms with Crippen molar-refractivity contribution in [2.75, 3.05) is 36.3 Å². The highest BCUT2D eigenvalue weighted by molar-refractivity contribution is 7.92. The molecule has 2 heterocycles. The van der Waals surface area contributed by atoms with Crippen molar-refractivity contribution in [1.82, 2.24) is 9.88 Å². The predicted molar refractivity (Wildman–Crippen MR) is 124 cm³/mol. The minimum Gasteiger partial charge on any atom is -0.370 e. The summed E-state index contributed by atoms with van der Waals surface area (Å²) in [5.41, 5.74) is 3.01. The molecule has 1 N–H and O–H groups in total. The van der Waals surface area contributed by atoms with Crippen molar-refractivity contribution in [3.63, 3.8) is 0 Å². The van der Waals surface area contributed by atoms with Crippen LogP contribution in [-0.2, 0) is 10.0 Å². The fourth-order valence-corrected chi connectivity index (χ4v) is 6.61. The zero-order valence-electron chi connectivity index (χ0n) is 18.2. The number of sulfonamides is 1. The minimum atomic E-state index is -4.03. The topological polar surface area (TPSA) is 65.5 Å². The summed E-state index contributed by atoms with van der Waals surface area (Å²) in [4.78, 5) is 8.23. The van der Waals surface area contributed by atoms with Gasteiger partial charge in [-0.05, 0) is 49.8 Å². The number of likely N-dealkylation sites (tertiary alicyclic amines) is 1. The van der Waals surface area contributed by atoms with Crippen molar-refractivity contribution in [2.45, 2.75) is 56.4 Å². The zero-order chi connectivity index (χ0) is 22.0. The van der Waals surface area contributed by atoms with Crippen LogP contribution < -0.4 is 9.62 Å². The van der Waals surface area contributed by atoms with Crippen molar-refractivity contribution in [1.29, 1.82) is 0 Å². The van der Waals surface area contributed by atoms with Gasteiger partial charge in [-0.25, -0.2) is 17.8 Å². The second-order valence-electron chi connectivity index (χ2n) is 8.87. The Morgan fingerprint density at radius 1 is 1.26 bits per heavy atom. The maximum Gasteiger partial charge on any atom is 0.266 e. The van der Waals surface area contributed by atoms with E-state index in [2.05, 4.69) is 19.5 Å². The number of nitrogens with one attached hydrogen (secondary N) is 1. The van der Waals surface area contributed by atoms with E-state index in [0.29, 0.717) is 6.04 Å². The number of halogens is 1.